The molecule has 1 aromatic heterocycles. The Bertz CT molecular complexity index is 870. The number of nitrogens with zero attached hydrogens (tertiary/aromatic N) is 3. The van der Waals surface area contributed by atoms with Crippen LogP contribution >= 0.6 is 0 Å². The molecule has 2 amide bonds. The molecule has 1 N–H and O–H groups in total. The van der Waals surface area contributed by atoms with Crippen LogP contribution in [0.15, 0.2) is 22.7 Å². The van der Waals surface area contributed by atoms with Crippen molar-refractivity contribution in [3.8, 4) is 0 Å². The number of nitrogens with one attached hydrogen (secondary N) is 1. The van der Waals surface area contributed by atoms with Crippen molar-refractivity contribution in [1.82, 2.24) is 15.0 Å². The lowest BCUT2D eigenvalue weighted by Gasteiger charge is -2.32. The lowest BCUT2D eigenvalue weighted by Crippen LogP contribution is -2.43. The molecule has 2 aliphatic rings. The maximum absolute atomic E-state index is 12.5. The van der Waals surface area contributed by atoms with E-state index < -0.39 is 0 Å². The van der Waals surface area contributed by atoms with Crippen molar-refractivity contribution in [3.05, 3.63) is 41.0 Å². The van der Waals surface area contributed by atoms with Gasteiger partial charge in [0.2, 0.25) is 5.89 Å². The number of aryl methyl sites for hydroxylation is 2. The van der Waals surface area contributed by atoms with E-state index in [1.807, 2.05) is 30.0 Å². The molecule has 2 aromatic rings. The summed E-state index contributed by atoms with van der Waals surface area (Å²) in [5.74, 6) is 1.74. The summed E-state index contributed by atoms with van der Waals surface area (Å²) in [6, 6.07) is 5.94. The Kier molecular flexibility index (Phi) is 7.19. The highest BCUT2D eigenvalue weighted by molar-refractivity contribution is 5.89. The molecule has 2 saturated heterocycles. The van der Waals surface area contributed by atoms with Crippen molar-refractivity contribution < 1.29 is 18.8 Å². The number of likely N-dealkylation sites (tertiary alicyclic amines) is 1. The average molecular weight is 429 g/mol. The summed E-state index contributed by atoms with van der Waals surface area (Å²) in [6.45, 7) is 7.57. The number of aromatic nitrogens is 2. The average Bonchev–Trinajstić information content (AvgIpc) is 3.26. The van der Waals surface area contributed by atoms with E-state index in [1.165, 1.54) is 11.1 Å². The van der Waals surface area contributed by atoms with E-state index in [4.69, 9.17) is 14.0 Å². The Morgan fingerprint density at radius 3 is 2.68 bits per heavy atom. The molecule has 0 bridgehead atoms. The van der Waals surface area contributed by atoms with Crippen molar-refractivity contribution >= 4 is 11.7 Å². The fraction of sp³-hybridized carbons (Fsp3) is 0.609. The van der Waals surface area contributed by atoms with Crippen LogP contribution in [0.2, 0.25) is 0 Å². The lowest BCUT2D eigenvalue weighted by molar-refractivity contribution is 0.0168. The zero-order valence-electron chi connectivity index (χ0n) is 18.4. The Morgan fingerprint density at radius 2 is 1.94 bits per heavy atom. The fourth-order valence-corrected chi connectivity index (χ4v) is 4.04. The van der Waals surface area contributed by atoms with Gasteiger partial charge in [-0.15, -0.1) is 0 Å². The summed E-state index contributed by atoms with van der Waals surface area (Å²) in [5.41, 5.74) is 3.23. The predicted molar refractivity (Wildman–Crippen MR) is 116 cm³/mol. The van der Waals surface area contributed by atoms with E-state index in [0.717, 1.165) is 50.5 Å². The number of carbonyl (C=O) groups is 1. The van der Waals surface area contributed by atoms with Gasteiger partial charge in [-0.2, -0.15) is 4.98 Å². The van der Waals surface area contributed by atoms with E-state index in [9.17, 15) is 4.79 Å². The van der Waals surface area contributed by atoms with Crippen LogP contribution in [0.4, 0.5) is 10.5 Å². The molecule has 8 nitrogen and oxygen atoms in total. The molecule has 31 heavy (non-hydrogen) atoms. The number of urea groups is 1. The SMILES string of the molecule is Cc1ccc(NC(=O)N2CCC(OCCc3noc(C4CCOCC4)n3)CC2)cc1C. The van der Waals surface area contributed by atoms with Gasteiger partial charge in [0.25, 0.3) is 0 Å². The lowest BCUT2D eigenvalue weighted by atomic mass is 10.0. The zero-order chi connectivity index (χ0) is 21.6. The van der Waals surface area contributed by atoms with E-state index in [1.54, 1.807) is 0 Å². The minimum Gasteiger partial charge on any atom is -0.381 e. The van der Waals surface area contributed by atoms with E-state index in [2.05, 4.69) is 22.4 Å². The number of carbonyl (C=O) groups excluding carboxylic acids is 1. The third-order valence-electron chi connectivity index (χ3n) is 6.22. The Labute approximate surface area is 183 Å². The van der Waals surface area contributed by atoms with Crippen LogP contribution in [0.1, 0.15) is 54.4 Å². The van der Waals surface area contributed by atoms with Gasteiger partial charge in [0.1, 0.15) is 0 Å². The van der Waals surface area contributed by atoms with Gasteiger partial charge in [-0.3, -0.25) is 0 Å². The summed E-state index contributed by atoms with van der Waals surface area (Å²) < 4.78 is 16.8. The highest BCUT2D eigenvalue weighted by Crippen LogP contribution is 2.25. The van der Waals surface area contributed by atoms with Crippen molar-refractivity contribution in [2.75, 3.05) is 38.2 Å². The van der Waals surface area contributed by atoms with Crippen LogP contribution in [0.25, 0.3) is 0 Å². The number of hydrogen-bond donors (Lipinski definition) is 1. The molecule has 0 atom stereocenters. The van der Waals surface area contributed by atoms with Crippen LogP contribution in [-0.2, 0) is 15.9 Å². The van der Waals surface area contributed by atoms with Crippen molar-refractivity contribution in [2.45, 2.75) is 58.0 Å². The highest BCUT2D eigenvalue weighted by atomic mass is 16.5. The summed E-state index contributed by atoms with van der Waals surface area (Å²) in [4.78, 5) is 18.9. The third-order valence-corrected chi connectivity index (χ3v) is 6.22. The van der Waals surface area contributed by atoms with Crippen LogP contribution in [0.3, 0.4) is 0 Å². The van der Waals surface area contributed by atoms with Crippen LogP contribution in [0, 0.1) is 13.8 Å². The molecule has 8 heteroatoms. The smallest absolute Gasteiger partial charge is 0.321 e. The third kappa shape index (κ3) is 5.83. The molecule has 0 radical (unpaired) electrons. The summed E-state index contributed by atoms with van der Waals surface area (Å²) in [6.07, 6.45) is 4.34. The van der Waals surface area contributed by atoms with Crippen LogP contribution in [0.5, 0.6) is 0 Å². The van der Waals surface area contributed by atoms with Crippen LogP contribution in [-0.4, -0.2) is 60.1 Å². The number of rotatable bonds is 6. The topological polar surface area (TPSA) is 89.7 Å². The monoisotopic (exact) mass is 428 g/mol. The van der Waals surface area contributed by atoms with Gasteiger partial charge < -0.3 is 24.2 Å². The maximum atomic E-state index is 12.5. The molecule has 0 saturated carbocycles. The minimum absolute atomic E-state index is 0.0471. The standard InChI is InChI=1S/C23H32N4O4/c1-16-3-4-19(15-17(16)2)24-23(28)27-10-5-20(6-11-27)30-14-9-21-25-22(31-26-21)18-7-12-29-13-8-18/h3-4,15,18,20H,5-14H2,1-2H3,(H,24,28). The summed E-state index contributed by atoms with van der Waals surface area (Å²) in [5, 5.41) is 7.09. The fourth-order valence-electron chi connectivity index (χ4n) is 4.04. The van der Waals surface area contributed by atoms with Crippen molar-refractivity contribution in [1.29, 1.82) is 0 Å². The number of anilines is 1. The van der Waals surface area contributed by atoms with Gasteiger partial charge in [0, 0.05) is 44.3 Å². The summed E-state index contributed by atoms with van der Waals surface area (Å²) in [7, 11) is 0. The van der Waals surface area contributed by atoms with Gasteiger partial charge in [-0.05, 0) is 62.8 Å². The largest absolute Gasteiger partial charge is 0.381 e. The normalized spacial score (nSPS) is 18.3. The molecule has 2 aliphatic heterocycles. The van der Waals surface area contributed by atoms with Crippen molar-refractivity contribution in [3.63, 3.8) is 0 Å². The number of piperidine rings is 1. The van der Waals surface area contributed by atoms with Crippen LogP contribution < -0.4 is 5.32 Å². The number of hydrogen-bond acceptors (Lipinski definition) is 6. The minimum atomic E-state index is -0.0471. The number of amides is 2. The first-order chi connectivity index (χ1) is 15.1. The molecule has 0 aliphatic carbocycles. The van der Waals surface area contributed by atoms with Gasteiger partial charge in [0.05, 0.1) is 12.7 Å². The molecule has 2 fully saturated rings. The predicted octanol–water partition coefficient (Wildman–Crippen LogP) is 3.84. The first-order valence-corrected chi connectivity index (χ1v) is 11.2. The van der Waals surface area contributed by atoms with Crippen molar-refractivity contribution in [2.24, 2.45) is 0 Å². The number of benzene rings is 1. The highest BCUT2D eigenvalue weighted by Gasteiger charge is 2.24. The first kappa shape index (κ1) is 21.8. The first-order valence-electron chi connectivity index (χ1n) is 11.2. The Hall–Kier alpha value is -2.45. The number of ether oxygens (including phenoxy) is 2. The molecule has 3 heterocycles. The molecule has 0 unspecified atom stereocenters. The molecular formula is C23H32N4O4. The van der Waals surface area contributed by atoms with Gasteiger partial charge in [-0.1, -0.05) is 11.2 Å². The second kappa shape index (κ2) is 10.2. The Morgan fingerprint density at radius 1 is 1.16 bits per heavy atom. The Balaban J connectivity index is 1.16. The molecule has 4 rings (SSSR count). The second-order valence-electron chi connectivity index (χ2n) is 8.47. The quantitative estimate of drug-likeness (QED) is 0.752. The van der Waals surface area contributed by atoms with Gasteiger partial charge >= 0.3 is 6.03 Å². The van der Waals surface area contributed by atoms with Gasteiger partial charge in [-0.25, -0.2) is 4.79 Å². The van der Waals surface area contributed by atoms with E-state index >= 15 is 0 Å². The molecule has 0 spiro atoms. The molecule has 168 valence electrons. The maximum Gasteiger partial charge on any atom is 0.321 e. The molecule has 1 aromatic carbocycles. The summed E-state index contributed by atoms with van der Waals surface area (Å²) >= 11 is 0. The zero-order valence-corrected chi connectivity index (χ0v) is 18.4. The van der Waals surface area contributed by atoms with E-state index in [-0.39, 0.29) is 12.1 Å². The molecular weight excluding hydrogens is 396 g/mol. The second-order valence-corrected chi connectivity index (χ2v) is 8.47. The van der Waals surface area contributed by atoms with E-state index in [0.29, 0.717) is 37.9 Å². The van der Waals surface area contributed by atoms with Gasteiger partial charge in [0.15, 0.2) is 5.82 Å².